The van der Waals surface area contributed by atoms with Gasteiger partial charge in [0, 0.05) is 53.9 Å². The number of aryl methyl sites for hydroxylation is 2. The van der Waals surface area contributed by atoms with Crippen LogP contribution in [0.4, 0.5) is 5.82 Å². The second-order valence-corrected chi connectivity index (χ2v) is 10.3. The largest absolute Gasteiger partial charge is 0.356 e. The lowest BCUT2D eigenvalue weighted by Gasteiger charge is -2.33. The summed E-state index contributed by atoms with van der Waals surface area (Å²) in [5.74, 6) is 1.33. The van der Waals surface area contributed by atoms with E-state index in [-0.39, 0.29) is 11.8 Å². The Kier molecular flexibility index (Phi) is 6.98. The summed E-state index contributed by atoms with van der Waals surface area (Å²) in [5, 5.41) is 8.83. The van der Waals surface area contributed by atoms with E-state index in [1.807, 2.05) is 42.6 Å². The molecule has 0 spiro atoms. The summed E-state index contributed by atoms with van der Waals surface area (Å²) >= 11 is 6.11. The van der Waals surface area contributed by atoms with Gasteiger partial charge in [-0.15, -0.1) is 0 Å². The van der Waals surface area contributed by atoms with Gasteiger partial charge in [-0.2, -0.15) is 9.61 Å². The average Bonchev–Trinajstić information content (AvgIpc) is 3.46. The summed E-state index contributed by atoms with van der Waals surface area (Å²) in [7, 11) is 0. The molecule has 2 saturated heterocycles. The number of nitrogens with one attached hydrogen (secondary N) is 1. The molecule has 1 unspecified atom stereocenters. The number of hydrogen-bond acceptors (Lipinski definition) is 5. The van der Waals surface area contributed by atoms with Crippen LogP contribution in [0.3, 0.4) is 0 Å². The van der Waals surface area contributed by atoms with Crippen LogP contribution in [-0.2, 0) is 4.79 Å². The standard InChI is InChI=1S/C27H35ClN6O/c1-4-32-13-5-6-23(32)17-29-27(35)21-11-14-33(15-12-21)24-16-18(2)30-26-25(19(3)31-34(24)26)20-7-9-22(28)10-8-20/h7-10,16,21,23H,4-6,11-15,17H2,1-3H3,(H,29,35). The molecule has 1 aromatic carbocycles. The highest BCUT2D eigenvalue weighted by molar-refractivity contribution is 6.30. The number of hydrogen-bond donors (Lipinski definition) is 1. The van der Waals surface area contributed by atoms with Crippen LogP contribution in [0.1, 0.15) is 44.0 Å². The van der Waals surface area contributed by atoms with Gasteiger partial charge in [-0.3, -0.25) is 9.69 Å². The highest BCUT2D eigenvalue weighted by atomic mass is 35.5. The van der Waals surface area contributed by atoms with Crippen LogP contribution in [0.5, 0.6) is 0 Å². The van der Waals surface area contributed by atoms with Crippen LogP contribution in [0.15, 0.2) is 30.3 Å². The fourth-order valence-corrected chi connectivity index (χ4v) is 5.81. The Morgan fingerprint density at radius 2 is 1.86 bits per heavy atom. The van der Waals surface area contributed by atoms with E-state index in [0.717, 1.165) is 79.5 Å². The summed E-state index contributed by atoms with van der Waals surface area (Å²) < 4.78 is 1.96. The Bertz CT molecular complexity index is 1200. The van der Waals surface area contributed by atoms with E-state index in [2.05, 4.69) is 28.1 Å². The van der Waals surface area contributed by atoms with E-state index in [4.69, 9.17) is 21.7 Å². The van der Waals surface area contributed by atoms with Gasteiger partial charge in [0.1, 0.15) is 5.82 Å². The molecule has 3 aromatic rings. The number of aromatic nitrogens is 3. The molecular formula is C27H35ClN6O. The molecule has 2 aromatic heterocycles. The molecule has 186 valence electrons. The van der Waals surface area contributed by atoms with Gasteiger partial charge in [0.25, 0.3) is 0 Å². The van der Waals surface area contributed by atoms with Crippen molar-refractivity contribution in [2.45, 2.75) is 52.5 Å². The quantitative estimate of drug-likeness (QED) is 0.547. The van der Waals surface area contributed by atoms with Crippen LogP contribution < -0.4 is 10.2 Å². The molecule has 0 saturated carbocycles. The van der Waals surface area contributed by atoms with Gasteiger partial charge in [0.15, 0.2) is 5.65 Å². The number of carbonyl (C=O) groups excluding carboxylic acids is 1. The molecule has 8 heteroatoms. The minimum atomic E-state index is 0.0742. The van der Waals surface area contributed by atoms with E-state index in [9.17, 15) is 4.79 Å². The molecule has 7 nitrogen and oxygen atoms in total. The lowest BCUT2D eigenvalue weighted by molar-refractivity contribution is -0.125. The fourth-order valence-electron chi connectivity index (χ4n) is 5.68. The maximum absolute atomic E-state index is 12.9. The molecule has 5 rings (SSSR count). The van der Waals surface area contributed by atoms with Gasteiger partial charge >= 0.3 is 0 Å². The first-order valence-electron chi connectivity index (χ1n) is 12.8. The zero-order valence-electron chi connectivity index (χ0n) is 20.9. The number of benzene rings is 1. The summed E-state index contributed by atoms with van der Waals surface area (Å²) in [4.78, 5) is 22.6. The van der Waals surface area contributed by atoms with Crippen molar-refractivity contribution in [3.63, 3.8) is 0 Å². The van der Waals surface area contributed by atoms with E-state index in [1.165, 1.54) is 12.8 Å². The smallest absolute Gasteiger partial charge is 0.223 e. The summed E-state index contributed by atoms with van der Waals surface area (Å²) in [6.45, 7) is 10.9. The third kappa shape index (κ3) is 4.89. The summed E-state index contributed by atoms with van der Waals surface area (Å²) in [6, 6.07) is 10.4. The number of carbonyl (C=O) groups is 1. The number of likely N-dealkylation sites (N-methyl/N-ethyl adjacent to an activating group) is 1. The second kappa shape index (κ2) is 10.2. The minimum Gasteiger partial charge on any atom is -0.356 e. The number of halogens is 1. The van der Waals surface area contributed by atoms with E-state index in [1.54, 1.807) is 0 Å². The predicted octanol–water partition coefficient (Wildman–Crippen LogP) is 4.48. The number of rotatable bonds is 6. The van der Waals surface area contributed by atoms with Crippen LogP contribution in [-0.4, -0.2) is 64.2 Å². The lowest BCUT2D eigenvalue weighted by Crippen LogP contribution is -2.45. The maximum atomic E-state index is 12.9. The van der Waals surface area contributed by atoms with E-state index >= 15 is 0 Å². The highest BCUT2D eigenvalue weighted by Gasteiger charge is 2.29. The van der Waals surface area contributed by atoms with Gasteiger partial charge in [-0.1, -0.05) is 30.7 Å². The van der Waals surface area contributed by atoms with Gasteiger partial charge < -0.3 is 10.2 Å². The van der Waals surface area contributed by atoms with Crippen LogP contribution in [0.25, 0.3) is 16.8 Å². The molecule has 1 atom stereocenters. The Hall–Kier alpha value is -2.64. The molecule has 0 bridgehead atoms. The SMILES string of the molecule is CCN1CCCC1CNC(=O)C1CCN(c2cc(C)nc3c(-c4ccc(Cl)cc4)c(C)nn23)CC1. The first-order valence-corrected chi connectivity index (χ1v) is 13.2. The highest BCUT2D eigenvalue weighted by Crippen LogP contribution is 2.32. The normalized spacial score (nSPS) is 19.5. The van der Waals surface area contributed by atoms with Crippen molar-refractivity contribution >= 4 is 29.0 Å². The molecule has 0 aliphatic carbocycles. The van der Waals surface area contributed by atoms with Crippen molar-refractivity contribution in [1.29, 1.82) is 0 Å². The molecular weight excluding hydrogens is 460 g/mol. The third-order valence-corrected chi connectivity index (χ3v) is 7.87. The second-order valence-electron chi connectivity index (χ2n) is 9.89. The number of likely N-dealkylation sites (tertiary alicyclic amines) is 1. The van der Waals surface area contributed by atoms with E-state index in [0.29, 0.717) is 11.1 Å². The molecule has 2 aliphatic rings. The molecule has 2 fully saturated rings. The number of nitrogens with zero attached hydrogens (tertiary/aromatic N) is 5. The minimum absolute atomic E-state index is 0.0742. The van der Waals surface area contributed by atoms with Crippen LogP contribution in [0.2, 0.25) is 5.02 Å². The van der Waals surface area contributed by atoms with Gasteiger partial charge in [-0.05, 0) is 70.3 Å². The number of anilines is 1. The molecule has 4 heterocycles. The van der Waals surface area contributed by atoms with Gasteiger partial charge in [0.05, 0.1) is 5.69 Å². The predicted molar refractivity (Wildman–Crippen MR) is 141 cm³/mol. The van der Waals surface area contributed by atoms with Crippen LogP contribution >= 0.6 is 11.6 Å². The van der Waals surface area contributed by atoms with Crippen molar-refractivity contribution in [2.24, 2.45) is 5.92 Å². The summed E-state index contributed by atoms with van der Waals surface area (Å²) in [5.41, 5.74) is 4.85. The van der Waals surface area contributed by atoms with Crippen molar-refractivity contribution in [3.8, 4) is 11.1 Å². The first kappa shape index (κ1) is 24.1. The molecule has 1 amide bonds. The van der Waals surface area contributed by atoms with E-state index < -0.39 is 0 Å². The number of amides is 1. The Labute approximate surface area is 212 Å². The molecule has 2 aliphatic heterocycles. The van der Waals surface area contributed by atoms with Crippen molar-refractivity contribution in [1.82, 2.24) is 24.8 Å². The number of fused-ring (bicyclic) bond motifs is 1. The Morgan fingerprint density at radius 3 is 2.57 bits per heavy atom. The van der Waals surface area contributed by atoms with Crippen molar-refractivity contribution in [2.75, 3.05) is 37.6 Å². The molecule has 1 N–H and O–H groups in total. The monoisotopic (exact) mass is 494 g/mol. The first-order chi connectivity index (χ1) is 16.9. The van der Waals surface area contributed by atoms with Crippen molar-refractivity contribution < 1.29 is 4.79 Å². The lowest BCUT2D eigenvalue weighted by atomic mass is 9.95. The zero-order valence-corrected chi connectivity index (χ0v) is 21.7. The molecule has 0 radical (unpaired) electrons. The summed E-state index contributed by atoms with van der Waals surface area (Å²) in [6.07, 6.45) is 4.12. The fraction of sp³-hybridized carbons (Fsp3) is 0.519. The van der Waals surface area contributed by atoms with Crippen LogP contribution in [0, 0.1) is 19.8 Å². The molecule has 35 heavy (non-hydrogen) atoms. The topological polar surface area (TPSA) is 65.8 Å². The van der Waals surface area contributed by atoms with Gasteiger partial charge in [0.2, 0.25) is 5.91 Å². The Balaban J connectivity index is 1.30. The maximum Gasteiger partial charge on any atom is 0.223 e. The third-order valence-electron chi connectivity index (χ3n) is 7.61. The average molecular weight is 495 g/mol. The van der Waals surface area contributed by atoms with Crippen molar-refractivity contribution in [3.05, 3.63) is 46.7 Å². The zero-order chi connectivity index (χ0) is 24.5. The van der Waals surface area contributed by atoms with Gasteiger partial charge in [-0.25, -0.2) is 4.98 Å². The number of piperidine rings is 1. The Morgan fingerprint density at radius 1 is 1.11 bits per heavy atom.